The molecule has 2 aliphatic rings. The van der Waals surface area contributed by atoms with Gasteiger partial charge in [0, 0.05) is 17.9 Å². The average Bonchev–Trinajstić information content (AvgIpc) is 2.59. The van der Waals surface area contributed by atoms with Gasteiger partial charge in [0.05, 0.1) is 12.1 Å². The molecule has 102 valence electrons. The first-order chi connectivity index (χ1) is 8.95. The minimum absolute atomic E-state index is 0.00578. The SMILES string of the molecule is C=C(C(=O)OC)[C@@H]1C=C[C@H](C)[C@H]2CC(=O)C(Cl)=C2C1. The Hall–Kier alpha value is -1.35. The van der Waals surface area contributed by atoms with Crippen LogP contribution in [0.3, 0.4) is 0 Å². The number of Topliss-reactive ketones (excluding diaryl/α,β-unsaturated/α-hetero) is 1. The largest absolute Gasteiger partial charge is 0.466 e. The lowest BCUT2D eigenvalue weighted by molar-refractivity contribution is -0.136. The zero-order valence-corrected chi connectivity index (χ0v) is 11.9. The van der Waals surface area contributed by atoms with Crippen LogP contribution in [0.25, 0.3) is 0 Å². The summed E-state index contributed by atoms with van der Waals surface area (Å²) in [7, 11) is 1.34. The zero-order valence-electron chi connectivity index (χ0n) is 11.1. The fourth-order valence-corrected chi connectivity index (χ4v) is 3.06. The molecule has 0 heterocycles. The van der Waals surface area contributed by atoms with Gasteiger partial charge in [-0.1, -0.05) is 37.3 Å². The molecule has 0 aromatic rings. The van der Waals surface area contributed by atoms with E-state index in [4.69, 9.17) is 16.3 Å². The molecule has 2 rings (SSSR count). The van der Waals surface area contributed by atoms with Crippen LogP contribution < -0.4 is 0 Å². The van der Waals surface area contributed by atoms with E-state index in [1.54, 1.807) is 0 Å². The molecule has 0 aromatic heterocycles. The van der Waals surface area contributed by atoms with E-state index in [1.807, 2.05) is 12.2 Å². The fourth-order valence-electron chi connectivity index (χ4n) is 2.77. The van der Waals surface area contributed by atoms with Gasteiger partial charge in [0.25, 0.3) is 0 Å². The van der Waals surface area contributed by atoms with Gasteiger partial charge in [-0.05, 0) is 23.8 Å². The van der Waals surface area contributed by atoms with Crippen molar-refractivity contribution in [3.8, 4) is 0 Å². The Balaban J connectivity index is 2.31. The highest BCUT2D eigenvalue weighted by molar-refractivity contribution is 6.43. The number of carbonyl (C=O) groups excluding carboxylic acids is 2. The minimum atomic E-state index is -0.415. The second-order valence-electron chi connectivity index (χ2n) is 5.14. The smallest absolute Gasteiger partial charge is 0.333 e. The molecule has 0 saturated carbocycles. The predicted octanol–water partition coefficient (Wildman–Crippen LogP) is 3.01. The van der Waals surface area contributed by atoms with E-state index in [1.165, 1.54) is 7.11 Å². The number of halogens is 1. The number of methoxy groups -OCH3 is 1. The molecule has 0 saturated heterocycles. The molecule has 3 nitrogen and oxygen atoms in total. The first-order valence-electron chi connectivity index (χ1n) is 6.32. The maximum atomic E-state index is 11.7. The number of allylic oxidation sites excluding steroid dienone is 4. The van der Waals surface area contributed by atoms with Crippen molar-refractivity contribution in [1.29, 1.82) is 0 Å². The third-order valence-corrected chi connectivity index (χ3v) is 4.45. The van der Waals surface area contributed by atoms with Gasteiger partial charge in [-0.25, -0.2) is 4.79 Å². The van der Waals surface area contributed by atoms with E-state index in [0.29, 0.717) is 23.4 Å². The van der Waals surface area contributed by atoms with E-state index >= 15 is 0 Å². The van der Waals surface area contributed by atoms with E-state index in [9.17, 15) is 9.59 Å². The molecule has 4 heteroatoms. The number of ether oxygens (including phenoxy) is 1. The zero-order chi connectivity index (χ0) is 14.2. The molecule has 2 aliphatic carbocycles. The molecule has 0 radical (unpaired) electrons. The number of hydrogen-bond acceptors (Lipinski definition) is 3. The Morgan fingerprint density at radius 2 is 2.11 bits per heavy atom. The maximum absolute atomic E-state index is 11.7. The first-order valence-corrected chi connectivity index (χ1v) is 6.70. The van der Waals surface area contributed by atoms with Gasteiger partial charge in [0.1, 0.15) is 0 Å². The molecular weight excluding hydrogens is 264 g/mol. The van der Waals surface area contributed by atoms with Gasteiger partial charge in [0.2, 0.25) is 0 Å². The molecule has 0 fully saturated rings. The number of rotatable bonds is 2. The first kappa shape index (κ1) is 14.1. The van der Waals surface area contributed by atoms with Crippen molar-refractivity contribution >= 4 is 23.4 Å². The molecule has 0 amide bonds. The molecule has 3 atom stereocenters. The molecule has 19 heavy (non-hydrogen) atoms. The molecule has 0 bridgehead atoms. The monoisotopic (exact) mass is 280 g/mol. The van der Waals surface area contributed by atoms with Crippen LogP contribution >= 0.6 is 11.6 Å². The van der Waals surface area contributed by atoms with Crippen molar-refractivity contribution in [3.63, 3.8) is 0 Å². The van der Waals surface area contributed by atoms with Gasteiger partial charge >= 0.3 is 5.97 Å². The lowest BCUT2D eigenvalue weighted by Gasteiger charge is -2.18. The van der Waals surface area contributed by atoms with Crippen LogP contribution in [-0.4, -0.2) is 18.9 Å². The Morgan fingerprint density at radius 1 is 1.42 bits per heavy atom. The van der Waals surface area contributed by atoms with Crippen molar-refractivity contribution in [2.45, 2.75) is 19.8 Å². The summed E-state index contributed by atoms with van der Waals surface area (Å²) in [6, 6.07) is 0. The summed E-state index contributed by atoms with van der Waals surface area (Å²) in [4.78, 5) is 23.3. The van der Waals surface area contributed by atoms with Crippen LogP contribution in [0.4, 0.5) is 0 Å². The van der Waals surface area contributed by atoms with E-state index in [-0.39, 0.29) is 23.5 Å². The van der Waals surface area contributed by atoms with Crippen LogP contribution in [0.15, 0.2) is 34.9 Å². The molecule has 0 spiro atoms. The van der Waals surface area contributed by atoms with Gasteiger partial charge in [-0.2, -0.15) is 0 Å². The van der Waals surface area contributed by atoms with E-state index in [2.05, 4.69) is 13.5 Å². The Kier molecular flexibility index (Phi) is 3.95. The maximum Gasteiger partial charge on any atom is 0.333 e. The normalized spacial score (nSPS) is 30.1. The topological polar surface area (TPSA) is 43.4 Å². The Bertz CT molecular complexity index is 502. The van der Waals surface area contributed by atoms with E-state index in [0.717, 1.165) is 5.57 Å². The highest BCUT2D eigenvalue weighted by atomic mass is 35.5. The highest BCUT2D eigenvalue weighted by Crippen LogP contribution is 2.43. The number of hydrogen-bond donors (Lipinski definition) is 0. The van der Waals surface area contributed by atoms with Gasteiger partial charge in [-0.3, -0.25) is 4.79 Å². The third kappa shape index (κ3) is 2.52. The van der Waals surface area contributed by atoms with Gasteiger partial charge in [-0.15, -0.1) is 0 Å². The number of ketones is 1. The number of esters is 1. The molecule has 0 N–H and O–H groups in total. The van der Waals surface area contributed by atoms with Crippen LogP contribution in [0, 0.1) is 17.8 Å². The van der Waals surface area contributed by atoms with Gasteiger partial charge < -0.3 is 4.74 Å². The molecule has 0 unspecified atom stereocenters. The summed E-state index contributed by atoms with van der Waals surface area (Å²) in [5.74, 6) is -0.153. The lowest BCUT2D eigenvalue weighted by atomic mass is 9.86. The highest BCUT2D eigenvalue weighted by Gasteiger charge is 2.37. The quantitative estimate of drug-likeness (QED) is 0.444. The standard InChI is InChI=1S/C15H17ClO3/c1-8-4-5-10(9(2)15(18)19-3)6-12-11(8)7-13(17)14(12)16/h4-5,8,10-11H,2,6-7H2,1,3H3/t8-,10+,11+/m0/s1. The minimum Gasteiger partial charge on any atom is -0.466 e. The summed E-state index contributed by atoms with van der Waals surface area (Å²) < 4.78 is 4.70. The van der Waals surface area contributed by atoms with Crippen LogP contribution in [0.2, 0.25) is 0 Å². The van der Waals surface area contributed by atoms with Crippen molar-refractivity contribution in [3.05, 3.63) is 34.9 Å². The Morgan fingerprint density at radius 3 is 2.74 bits per heavy atom. The summed E-state index contributed by atoms with van der Waals surface area (Å²) in [6.07, 6.45) is 5.06. The van der Waals surface area contributed by atoms with Crippen molar-refractivity contribution in [2.75, 3.05) is 7.11 Å². The number of fused-ring (bicyclic) bond motifs is 1. The molecule has 0 aliphatic heterocycles. The second-order valence-corrected chi connectivity index (χ2v) is 5.52. The molecular formula is C15H17ClO3. The number of carbonyl (C=O) groups is 2. The molecule has 0 aromatic carbocycles. The third-order valence-electron chi connectivity index (χ3n) is 4.00. The van der Waals surface area contributed by atoms with Crippen molar-refractivity contribution in [2.24, 2.45) is 17.8 Å². The lowest BCUT2D eigenvalue weighted by Crippen LogP contribution is -2.13. The fraction of sp³-hybridized carbons (Fsp3) is 0.467. The van der Waals surface area contributed by atoms with Crippen LogP contribution in [0.5, 0.6) is 0 Å². The Labute approximate surface area is 118 Å². The summed E-state index contributed by atoms with van der Waals surface area (Å²) in [5.41, 5.74) is 1.36. The van der Waals surface area contributed by atoms with Crippen LogP contribution in [-0.2, 0) is 14.3 Å². The summed E-state index contributed by atoms with van der Waals surface area (Å²) >= 11 is 6.11. The van der Waals surface area contributed by atoms with Crippen molar-refractivity contribution in [1.82, 2.24) is 0 Å². The predicted molar refractivity (Wildman–Crippen MR) is 73.6 cm³/mol. The van der Waals surface area contributed by atoms with Crippen LogP contribution in [0.1, 0.15) is 19.8 Å². The van der Waals surface area contributed by atoms with E-state index < -0.39 is 5.97 Å². The second kappa shape index (κ2) is 5.33. The summed E-state index contributed by atoms with van der Waals surface area (Å²) in [5, 5.41) is 0.350. The summed E-state index contributed by atoms with van der Waals surface area (Å²) in [6.45, 7) is 5.86. The van der Waals surface area contributed by atoms with Gasteiger partial charge in [0.15, 0.2) is 5.78 Å². The average molecular weight is 281 g/mol. The van der Waals surface area contributed by atoms with Crippen molar-refractivity contribution < 1.29 is 14.3 Å².